The van der Waals surface area contributed by atoms with Crippen LogP contribution in [0.15, 0.2) is 12.1 Å². The predicted molar refractivity (Wildman–Crippen MR) is 88.9 cm³/mol. The van der Waals surface area contributed by atoms with Crippen LogP contribution in [0.1, 0.15) is 33.3 Å². The van der Waals surface area contributed by atoms with Crippen LogP contribution < -0.4 is 10.2 Å². The van der Waals surface area contributed by atoms with E-state index in [1.54, 1.807) is 27.7 Å². The molecule has 0 heterocycles. The lowest BCUT2D eigenvalue weighted by Gasteiger charge is -2.26. The van der Waals surface area contributed by atoms with Crippen molar-refractivity contribution in [3.63, 3.8) is 0 Å². The first-order valence-electron chi connectivity index (χ1n) is 7.37. The molecule has 0 saturated carbocycles. The summed E-state index contributed by atoms with van der Waals surface area (Å²) in [7, 11) is 0. The summed E-state index contributed by atoms with van der Waals surface area (Å²) in [5, 5.41) is 13.2. The van der Waals surface area contributed by atoms with Crippen LogP contribution in [0.4, 0.5) is 24.5 Å². The van der Waals surface area contributed by atoms with Crippen molar-refractivity contribution in [2.75, 3.05) is 18.0 Å². The van der Waals surface area contributed by atoms with E-state index in [1.165, 1.54) is 4.90 Å². The molecule has 1 rings (SSSR count). The van der Waals surface area contributed by atoms with Crippen LogP contribution in [0.5, 0.6) is 0 Å². The van der Waals surface area contributed by atoms with Gasteiger partial charge in [-0.3, -0.25) is 14.9 Å². The minimum absolute atomic E-state index is 0.144. The summed E-state index contributed by atoms with van der Waals surface area (Å²) in [5.74, 6) is -0.417. The third-order valence-corrected chi connectivity index (χ3v) is 3.45. The average molecular weight is 382 g/mol. The van der Waals surface area contributed by atoms with Crippen molar-refractivity contribution < 1.29 is 22.9 Å². The van der Waals surface area contributed by atoms with Gasteiger partial charge in [-0.25, -0.2) is 0 Å². The summed E-state index contributed by atoms with van der Waals surface area (Å²) in [4.78, 5) is 23.6. The maximum absolute atomic E-state index is 12.9. The number of amides is 1. The number of nitro groups is 1. The Labute approximate surface area is 148 Å². The van der Waals surface area contributed by atoms with E-state index in [9.17, 15) is 28.1 Å². The van der Waals surface area contributed by atoms with E-state index in [2.05, 4.69) is 5.32 Å². The third-order valence-electron chi connectivity index (χ3n) is 3.14. The highest BCUT2D eigenvalue weighted by atomic mass is 35.5. The van der Waals surface area contributed by atoms with Crippen molar-refractivity contribution >= 4 is 28.9 Å². The summed E-state index contributed by atoms with van der Waals surface area (Å²) in [6, 6.07) is 1.26. The van der Waals surface area contributed by atoms with Gasteiger partial charge in [-0.1, -0.05) is 11.6 Å². The van der Waals surface area contributed by atoms with Crippen molar-refractivity contribution in [3.8, 4) is 0 Å². The van der Waals surface area contributed by atoms with E-state index in [0.717, 1.165) is 6.07 Å². The van der Waals surface area contributed by atoms with Crippen LogP contribution in [0.2, 0.25) is 5.02 Å². The molecule has 25 heavy (non-hydrogen) atoms. The molecule has 1 aromatic rings. The van der Waals surface area contributed by atoms with Gasteiger partial charge >= 0.3 is 6.18 Å². The molecule has 0 aromatic heterocycles. The lowest BCUT2D eigenvalue weighted by atomic mass is 10.1. The highest BCUT2D eigenvalue weighted by Crippen LogP contribution is 2.41. The average Bonchev–Trinajstić information content (AvgIpc) is 2.40. The minimum atomic E-state index is -4.82. The molecule has 1 amide bonds. The zero-order chi connectivity index (χ0) is 19.6. The first kappa shape index (κ1) is 21.0. The number of rotatable bonds is 5. The lowest BCUT2D eigenvalue weighted by Crippen LogP contribution is -2.46. The Bertz CT molecular complexity index is 672. The van der Waals surface area contributed by atoms with Crippen LogP contribution in [-0.2, 0) is 11.0 Å². The Morgan fingerprint density at radius 3 is 2.28 bits per heavy atom. The first-order valence-corrected chi connectivity index (χ1v) is 7.75. The zero-order valence-corrected chi connectivity index (χ0v) is 15.0. The second-order valence-electron chi connectivity index (χ2n) is 6.39. The number of halogens is 4. The monoisotopic (exact) mass is 381 g/mol. The van der Waals surface area contributed by atoms with Gasteiger partial charge in [0.2, 0.25) is 5.91 Å². The maximum Gasteiger partial charge on any atom is 0.418 e. The Hall–Kier alpha value is -2.03. The Balaban J connectivity index is 3.31. The summed E-state index contributed by atoms with van der Waals surface area (Å²) in [6.45, 7) is 6.83. The second-order valence-corrected chi connectivity index (χ2v) is 6.80. The summed E-state index contributed by atoms with van der Waals surface area (Å²) >= 11 is 5.66. The van der Waals surface area contributed by atoms with Gasteiger partial charge in [-0.05, 0) is 33.8 Å². The van der Waals surface area contributed by atoms with Crippen LogP contribution >= 0.6 is 11.6 Å². The van der Waals surface area contributed by atoms with Gasteiger partial charge in [0.1, 0.15) is 5.69 Å². The van der Waals surface area contributed by atoms with E-state index >= 15 is 0 Å². The fraction of sp³-hybridized carbons (Fsp3) is 0.533. The number of nitrogens with one attached hydrogen (secondary N) is 1. The fourth-order valence-corrected chi connectivity index (χ4v) is 2.43. The number of carbonyl (C=O) groups is 1. The highest BCUT2D eigenvalue weighted by molar-refractivity contribution is 6.31. The topological polar surface area (TPSA) is 75.5 Å². The van der Waals surface area contributed by atoms with Crippen molar-refractivity contribution in [2.24, 2.45) is 0 Å². The Morgan fingerprint density at radius 1 is 1.32 bits per heavy atom. The number of anilines is 1. The number of carbonyl (C=O) groups excluding carboxylic acids is 1. The van der Waals surface area contributed by atoms with E-state index in [0.29, 0.717) is 6.07 Å². The molecule has 6 nitrogen and oxygen atoms in total. The smallest absolute Gasteiger partial charge is 0.357 e. The molecule has 0 fully saturated rings. The summed E-state index contributed by atoms with van der Waals surface area (Å²) in [6.07, 6.45) is -4.82. The molecule has 10 heteroatoms. The molecule has 1 aromatic carbocycles. The van der Waals surface area contributed by atoms with E-state index < -0.39 is 38.8 Å². The van der Waals surface area contributed by atoms with Crippen molar-refractivity contribution in [3.05, 3.63) is 32.8 Å². The van der Waals surface area contributed by atoms with Crippen molar-refractivity contribution in [1.29, 1.82) is 0 Å². The summed E-state index contributed by atoms with van der Waals surface area (Å²) in [5.41, 5.74) is -2.71. The standard InChI is InChI=1S/C15H19ClF3N3O3/c1-5-21(8-13(23)20-14(2,3)4)11-7-10(16)9(15(17,18)19)6-12(11)22(24)25/h6-7H,5,8H2,1-4H3,(H,20,23). The molecule has 1 N–H and O–H groups in total. The highest BCUT2D eigenvalue weighted by Gasteiger charge is 2.37. The largest absolute Gasteiger partial charge is 0.418 e. The minimum Gasteiger partial charge on any atom is -0.357 e. The van der Waals surface area contributed by atoms with E-state index in [1.807, 2.05) is 0 Å². The van der Waals surface area contributed by atoms with Crippen LogP contribution in [-0.4, -0.2) is 29.5 Å². The number of alkyl halides is 3. The molecule has 0 aliphatic rings. The molecule has 0 spiro atoms. The number of hydrogen-bond donors (Lipinski definition) is 1. The van der Waals surface area contributed by atoms with Gasteiger partial charge in [-0.2, -0.15) is 13.2 Å². The molecular weight excluding hydrogens is 363 g/mol. The van der Waals surface area contributed by atoms with Crippen molar-refractivity contribution in [2.45, 2.75) is 39.4 Å². The quantitative estimate of drug-likeness (QED) is 0.617. The van der Waals surface area contributed by atoms with Gasteiger partial charge in [0.05, 0.1) is 22.1 Å². The molecule has 0 unspecified atom stereocenters. The van der Waals surface area contributed by atoms with Gasteiger partial charge in [0.25, 0.3) is 5.69 Å². The number of likely N-dealkylation sites (N-methyl/N-ethyl adjacent to an activating group) is 1. The Kier molecular flexibility index (Phi) is 6.28. The normalized spacial score (nSPS) is 12.0. The SMILES string of the molecule is CCN(CC(=O)NC(C)(C)C)c1cc(Cl)c(C(F)(F)F)cc1[N+](=O)[O-]. The van der Waals surface area contributed by atoms with Crippen LogP contribution in [0.25, 0.3) is 0 Å². The second kappa shape index (κ2) is 7.47. The lowest BCUT2D eigenvalue weighted by molar-refractivity contribution is -0.384. The number of benzene rings is 1. The molecule has 140 valence electrons. The summed E-state index contributed by atoms with van der Waals surface area (Å²) < 4.78 is 38.8. The fourth-order valence-electron chi connectivity index (χ4n) is 2.17. The number of nitro benzene ring substituents is 1. The van der Waals surface area contributed by atoms with Gasteiger partial charge in [-0.15, -0.1) is 0 Å². The molecule has 0 aliphatic carbocycles. The number of nitrogens with zero attached hydrogens (tertiary/aromatic N) is 2. The molecule has 0 saturated heterocycles. The zero-order valence-electron chi connectivity index (χ0n) is 14.2. The number of hydrogen-bond acceptors (Lipinski definition) is 4. The van der Waals surface area contributed by atoms with Crippen LogP contribution in [0, 0.1) is 10.1 Å². The molecular formula is C15H19ClF3N3O3. The Morgan fingerprint density at radius 2 is 1.88 bits per heavy atom. The van der Waals surface area contributed by atoms with Gasteiger partial charge < -0.3 is 10.2 Å². The molecule has 0 aliphatic heterocycles. The molecule has 0 radical (unpaired) electrons. The maximum atomic E-state index is 12.9. The molecule has 0 atom stereocenters. The van der Waals surface area contributed by atoms with E-state index in [4.69, 9.17) is 11.6 Å². The third kappa shape index (κ3) is 5.77. The van der Waals surface area contributed by atoms with Crippen molar-refractivity contribution in [1.82, 2.24) is 5.32 Å². The molecule has 0 bridgehead atoms. The van der Waals surface area contributed by atoms with Gasteiger partial charge in [0, 0.05) is 18.2 Å². The van der Waals surface area contributed by atoms with Crippen LogP contribution in [0.3, 0.4) is 0 Å². The van der Waals surface area contributed by atoms with Gasteiger partial charge in [0.15, 0.2) is 0 Å². The first-order chi connectivity index (χ1) is 11.3. The predicted octanol–water partition coefficient (Wildman–Crippen LogP) is 4.01. The van der Waals surface area contributed by atoms with E-state index in [-0.39, 0.29) is 18.8 Å².